The molecule has 1 fully saturated rings. The second-order valence-electron chi connectivity index (χ2n) is 5.73. The van der Waals surface area contributed by atoms with Crippen molar-refractivity contribution in [1.82, 2.24) is 0 Å². The average Bonchev–Trinajstić information content (AvgIpc) is 2.57. The summed E-state index contributed by atoms with van der Waals surface area (Å²) in [7, 11) is -3.30. The number of sulfonamides is 1. The van der Waals surface area contributed by atoms with Crippen LogP contribution >= 0.6 is 23.2 Å². The lowest BCUT2D eigenvalue weighted by molar-refractivity contribution is 0.102. The monoisotopic (exact) mass is 398 g/mol. The Labute approximate surface area is 156 Å². The molecule has 0 aromatic heterocycles. The van der Waals surface area contributed by atoms with Crippen LogP contribution in [0.3, 0.4) is 0 Å². The maximum atomic E-state index is 12.3. The zero-order valence-electron chi connectivity index (χ0n) is 13.2. The predicted octanol–water partition coefficient (Wildman–Crippen LogP) is 4.18. The molecule has 0 spiro atoms. The van der Waals surface area contributed by atoms with Gasteiger partial charge in [-0.2, -0.15) is 0 Å². The summed E-state index contributed by atoms with van der Waals surface area (Å²) in [5.74, 6) is -0.204. The Morgan fingerprint density at radius 3 is 2.56 bits per heavy atom. The fraction of sp³-hybridized carbons (Fsp3) is 0.235. The third-order valence-electron chi connectivity index (χ3n) is 3.92. The molecule has 0 saturated carbocycles. The third-order valence-corrected chi connectivity index (χ3v) is 6.53. The zero-order chi connectivity index (χ0) is 18.0. The number of hydrogen-bond donors (Lipinski definition) is 1. The fourth-order valence-electron chi connectivity index (χ4n) is 2.66. The van der Waals surface area contributed by atoms with E-state index in [0.717, 1.165) is 6.42 Å². The van der Waals surface area contributed by atoms with E-state index in [1.807, 2.05) is 0 Å². The summed E-state index contributed by atoms with van der Waals surface area (Å²) in [4.78, 5) is 12.3. The van der Waals surface area contributed by atoms with Gasteiger partial charge in [-0.3, -0.25) is 9.10 Å². The van der Waals surface area contributed by atoms with E-state index in [1.54, 1.807) is 36.4 Å². The van der Waals surface area contributed by atoms with Crippen LogP contribution in [-0.4, -0.2) is 26.6 Å². The van der Waals surface area contributed by atoms with Crippen LogP contribution in [0.15, 0.2) is 42.5 Å². The largest absolute Gasteiger partial charge is 0.322 e. The number of nitrogens with zero attached hydrogens (tertiary/aromatic N) is 1. The second kappa shape index (κ2) is 7.23. The van der Waals surface area contributed by atoms with Gasteiger partial charge in [-0.25, -0.2) is 8.42 Å². The van der Waals surface area contributed by atoms with E-state index in [2.05, 4.69) is 5.32 Å². The molecule has 0 atom stereocenters. The fourth-order valence-corrected chi connectivity index (χ4v) is 4.59. The van der Waals surface area contributed by atoms with Gasteiger partial charge in [0, 0.05) is 17.8 Å². The molecule has 1 aliphatic rings. The van der Waals surface area contributed by atoms with Crippen LogP contribution in [0.4, 0.5) is 11.4 Å². The number of carbonyl (C=O) groups excluding carboxylic acids is 1. The molecule has 0 unspecified atom stereocenters. The minimum atomic E-state index is -3.30. The van der Waals surface area contributed by atoms with E-state index < -0.39 is 10.0 Å². The minimum Gasteiger partial charge on any atom is -0.322 e. The van der Waals surface area contributed by atoms with Crippen molar-refractivity contribution in [2.75, 3.05) is 21.9 Å². The number of nitrogens with one attached hydrogen (secondary N) is 1. The predicted molar refractivity (Wildman–Crippen MR) is 101 cm³/mol. The Hall–Kier alpha value is -1.76. The Morgan fingerprint density at radius 1 is 1.04 bits per heavy atom. The molecule has 1 N–H and O–H groups in total. The maximum Gasteiger partial charge on any atom is 0.255 e. The summed E-state index contributed by atoms with van der Waals surface area (Å²) in [5.41, 5.74) is 1.42. The molecule has 2 aromatic rings. The summed E-state index contributed by atoms with van der Waals surface area (Å²) < 4.78 is 25.8. The van der Waals surface area contributed by atoms with E-state index in [4.69, 9.17) is 23.2 Å². The van der Waals surface area contributed by atoms with Gasteiger partial charge in [-0.05, 0) is 49.2 Å². The molecule has 1 saturated heterocycles. The van der Waals surface area contributed by atoms with Crippen LogP contribution in [0.5, 0.6) is 0 Å². The topological polar surface area (TPSA) is 66.5 Å². The van der Waals surface area contributed by atoms with Gasteiger partial charge in [0.2, 0.25) is 10.0 Å². The lowest BCUT2D eigenvalue weighted by Gasteiger charge is -2.28. The number of halogens is 2. The highest BCUT2D eigenvalue weighted by Crippen LogP contribution is 2.27. The van der Waals surface area contributed by atoms with Crippen LogP contribution in [0.25, 0.3) is 0 Å². The van der Waals surface area contributed by atoms with E-state index in [-0.39, 0.29) is 11.7 Å². The third kappa shape index (κ3) is 4.08. The molecule has 3 rings (SSSR count). The van der Waals surface area contributed by atoms with E-state index >= 15 is 0 Å². The molecule has 5 nitrogen and oxygen atoms in total. The van der Waals surface area contributed by atoms with Crippen LogP contribution < -0.4 is 9.62 Å². The van der Waals surface area contributed by atoms with Gasteiger partial charge in [0.05, 0.1) is 21.5 Å². The Morgan fingerprint density at radius 2 is 1.84 bits per heavy atom. The van der Waals surface area contributed by atoms with Gasteiger partial charge in [0.1, 0.15) is 0 Å². The van der Waals surface area contributed by atoms with Gasteiger partial charge in [0.25, 0.3) is 5.91 Å². The molecule has 2 aromatic carbocycles. The number of rotatable bonds is 3. The summed E-state index contributed by atoms with van der Waals surface area (Å²) in [6.07, 6.45) is 1.49. The average molecular weight is 399 g/mol. The molecule has 25 heavy (non-hydrogen) atoms. The second-order valence-corrected chi connectivity index (χ2v) is 8.56. The van der Waals surface area contributed by atoms with Crippen molar-refractivity contribution in [3.8, 4) is 0 Å². The first-order chi connectivity index (χ1) is 11.9. The molecule has 0 radical (unpaired) electrons. The lowest BCUT2D eigenvalue weighted by atomic mass is 10.2. The highest BCUT2D eigenvalue weighted by Gasteiger charge is 2.26. The molecular formula is C17H16Cl2N2O3S. The standard InChI is InChI=1S/C17H16Cl2N2O3S/c18-15-7-6-12(10-16(15)19)17(22)20-13-4-3-5-14(11-13)21-8-1-2-9-25(21,23)24/h3-7,10-11H,1-2,8-9H2,(H,20,22). The SMILES string of the molecule is O=C(Nc1cccc(N2CCCCS2(=O)=O)c1)c1ccc(Cl)c(Cl)c1. The first kappa shape index (κ1) is 18.0. The van der Waals surface area contributed by atoms with Crippen LogP contribution in [0.1, 0.15) is 23.2 Å². The highest BCUT2D eigenvalue weighted by atomic mass is 35.5. The van der Waals surface area contributed by atoms with Gasteiger partial charge in [-0.15, -0.1) is 0 Å². The summed E-state index contributed by atoms with van der Waals surface area (Å²) in [6.45, 7) is 0.451. The smallest absolute Gasteiger partial charge is 0.255 e. The minimum absolute atomic E-state index is 0.146. The Kier molecular flexibility index (Phi) is 5.22. The van der Waals surface area contributed by atoms with Gasteiger partial charge in [-0.1, -0.05) is 29.3 Å². The first-order valence-electron chi connectivity index (χ1n) is 7.74. The molecule has 1 heterocycles. The molecule has 1 amide bonds. The van der Waals surface area contributed by atoms with E-state index in [9.17, 15) is 13.2 Å². The maximum absolute atomic E-state index is 12.3. The van der Waals surface area contributed by atoms with Crippen molar-refractivity contribution >= 4 is 50.5 Å². The number of benzene rings is 2. The molecule has 0 bridgehead atoms. The number of hydrogen-bond acceptors (Lipinski definition) is 3. The lowest BCUT2D eigenvalue weighted by Crippen LogP contribution is -2.37. The van der Waals surface area contributed by atoms with Crippen LogP contribution in [-0.2, 0) is 10.0 Å². The highest BCUT2D eigenvalue weighted by molar-refractivity contribution is 7.92. The van der Waals surface area contributed by atoms with Crippen molar-refractivity contribution in [1.29, 1.82) is 0 Å². The molecule has 8 heteroatoms. The first-order valence-corrected chi connectivity index (χ1v) is 10.1. The van der Waals surface area contributed by atoms with Crippen molar-refractivity contribution < 1.29 is 13.2 Å². The van der Waals surface area contributed by atoms with Crippen molar-refractivity contribution in [2.24, 2.45) is 0 Å². The number of amides is 1. The van der Waals surface area contributed by atoms with Crippen LogP contribution in [0, 0.1) is 0 Å². The van der Waals surface area contributed by atoms with Crippen LogP contribution in [0.2, 0.25) is 10.0 Å². The Balaban J connectivity index is 1.82. The molecule has 132 valence electrons. The molecule has 1 aliphatic heterocycles. The molecule has 0 aliphatic carbocycles. The van der Waals surface area contributed by atoms with Gasteiger partial charge >= 0.3 is 0 Å². The van der Waals surface area contributed by atoms with Crippen molar-refractivity contribution in [2.45, 2.75) is 12.8 Å². The van der Waals surface area contributed by atoms with Crippen molar-refractivity contribution in [3.05, 3.63) is 58.1 Å². The number of carbonyl (C=O) groups is 1. The summed E-state index contributed by atoms with van der Waals surface area (Å²) >= 11 is 11.8. The summed E-state index contributed by atoms with van der Waals surface area (Å²) in [5, 5.41) is 3.41. The van der Waals surface area contributed by atoms with E-state index in [0.29, 0.717) is 39.9 Å². The van der Waals surface area contributed by atoms with Gasteiger partial charge < -0.3 is 5.32 Å². The zero-order valence-corrected chi connectivity index (χ0v) is 15.5. The normalized spacial score (nSPS) is 16.5. The summed E-state index contributed by atoms with van der Waals surface area (Å²) in [6, 6.07) is 11.4. The quantitative estimate of drug-likeness (QED) is 0.842. The Bertz CT molecular complexity index is 916. The van der Waals surface area contributed by atoms with E-state index in [1.165, 1.54) is 10.4 Å². The van der Waals surface area contributed by atoms with Crippen molar-refractivity contribution in [3.63, 3.8) is 0 Å². The molecular weight excluding hydrogens is 383 g/mol. The van der Waals surface area contributed by atoms with Gasteiger partial charge in [0.15, 0.2) is 0 Å². The number of anilines is 2.